The van der Waals surface area contributed by atoms with Crippen LogP contribution in [-0.4, -0.2) is 48.6 Å². The highest BCUT2D eigenvalue weighted by Gasteiger charge is 2.38. The van der Waals surface area contributed by atoms with Gasteiger partial charge in [-0.1, -0.05) is 19.3 Å². The summed E-state index contributed by atoms with van der Waals surface area (Å²) < 4.78 is 0. The van der Waals surface area contributed by atoms with E-state index >= 15 is 0 Å². The molecule has 17 heavy (non-hydrogen) atoms. The third-order valence-corrected chi connectivity index (χ3v) is 4.30. The van der Waals surface area contributed by atoms with Crippen LogP contribution in [0.1, 0.15) is 38.5 Å². The molecule has 1 aliphatic heterocycles. The second-order valence-electron chi connectivity index (χ2n) is 5.45. The number of hydrogen-bond donors (Lipinski definition) is 1. The average molecular weight is 239 g/mol. The number of carbonyl (C=O) groups is 1. The third kappa shape index (κ3) is 2.73. The first-order chi connectivity index (χ1) is 8.24. The van der Waals surface area contributed by atoms with E-state index in [1.165, 1.54) is 32.1 Å². The van der Waals surface area contributed by atoms with Crippen molar-refractivity contribution < 1.29 is 4.79 Å². The molecule has 2 amide bonds. The van der Waals surface area contributed by atoms with Crippen LogP contribution in [0.15, 0.2) is 0 Å². The van der Waals surface area contributed by atoms with E-state index in [9.17, 15) is 4.79 Å². The van der Waals surface area contributed by atoms with Gasteiger partial charge in [0.2, 0.25) is 0 Å². The van der Waals surface area contributed by atoms with Crippen LogP contribution in [0.25, 0.3) is 0 Å². The molecule has 1 heterocycles. The van der Waals surface area contributed by atoms with E-state index in [1.807, 2.05) is 16.8 Å². The molecule has 2 rings (SSSR count). The van der Waals surface area contributed by atoms with Crippen molar-refractivity contribution in [2.24, 2.45) is 11.7 Å². The Balaban J connectivity index is 1.92. The van der Waals surface area contributed by atoms with Gasteiger partial charge in [-0.3, -0.25) is 0 Å². The third-order valence-electron chi connectivity index (χ3n) is 4.30. The van der Waals surface area contributed by atoms with Crippen molar-refractivity contribution in [3.05, 3.63) is 0 Å². The van der Waals surface area contributed by atoms with Gasteiger partial charge in [0.05, 0.1) is 6.04 Å². The van der Waals surface area contributed by atoms with E-state index in [-0.39, 0.29) is 6.03 Å². The van der Waals surface area contributed by atoms with Gasteiger partial charge in [0, 0.05) is 20.1 Å². The van der Waals surface area contributed by atoms with Crippen LogP contribution in [0, 0.1) is 5.92 Å². The summed E-state index contributed by atoms with van der Waals surface area (Å²) in [6, 6.07) is 0.648. The van der Waals surface area contributed by atoms with Gasteiger partial charge in [-0.25, -0.2) is 4.79 Å². The largest absolute Gasteiger partial charge is 0.330 e. The van der Waals surface area contributed by atoms with Gasteiger partial charge in [0.1, 0.15) is 0 Å². The zero-order valence-electron chi connectivity index (χ0n) is 10.9. The fraction of sp³-hybridized carbons (Fsp3) is 0.923. The van der Waals surface area contributed by atoms with E-state index in [0.29, 0.717) is 12.6 Å². The number of nitrogens with zero attached hydrogens (tertiary/aromatic N) is 2. The molecule has 1 unspecified atom stereocenters. The predicted molar refractivity (Wildman–Crippen MR) is 68.8 cm³/mol. The highest BCUT2D eigenvalue weighted by atomic mass is 16.2. The molecule has 4 nitrogen and oxygen atoms in total. The van der Waals surface area contributed by atoms with Crippen LogP contribution < -0.4 is 5.73 Å². The number of hydrogen-bond acceptors (Lipinski definition) is 2. The standard InChI is InChI=1S/C13H25N3O/c1-15-12(11-6-3-2-4-7-11)10-16(13(15)17)9-5-8-14/h11-12H,2-10,14H2,1H3. The average Bonchev–Trinajstić information content (AvgIpc) is 2.65. The van der Waals surface area contributed by atoms with E-state index in [1.54, 1.807) is 0 Å². The van der Waals surface area contributed by atoms with Crippen LogP contribution in [0.5, 0.6) is 0 Å². The Morgan fingerprint density at radius 3 is 2.65 bits per heavy atom. The maximum Gasteiger partial charge on any atom is 0.320 e. The summed E-state index contributed by atoms with van der Waals surface area (Å²) in [5, 5.41) is 0. The Hall–Kier alpha value is -0.770. The van der Waals surface area contributed by atoms with Crippen molar-refractivity contribution in [1.82, 2.24) is 9.80 Å². The summed E-state index contributed by atoms with van der Waals surface area (Å²) in [4.78, 5) is 16.0. The Kier molecular flexibility index (Phi) is 4.26. The number of rotatable bonds is 4. The Labute approximate surface area is 104 Å². The fourth-order valence-electron chi connectivity index (χ4n) is 3.24. The zero-order valence-corrected chi connectivity index (χ0v) is 10.9. The van der Waals surface area contributed by atoms with Gasteiger partial charge < -0.3 is 15.5 Å². The van der Waals surface area contributed by atoms with E-state index < -0.39 is 0 Å². The first kappa shape index (κ1) is 12.7. The molecule has 2 aliphatic rings. The van der Waals surface area contributed by atoms with Crippen molar-refractivity contribution in [2.75, 3.05) is 26.7 Å². The smallest absolute Gasteiger partial charge is 0.320 e. The molecule has 4 heteroatoms. The number of urea groups is 1. The van der Waals surface area contributed by atoms with Gasteiger partial charge in [0.15, 0.2) is 0 Å². The molecule has 1 saturated carbocycles. The highest BCUT2D eigenvalue weighted by molar-refractivity contribution is 5.76. The van der Waals surface area contributed by atoms with Crippen molar-refractivity contribution in [2.45, 2.75) is 44.6 Å². The summed E-state index contributed by atoms with van der Waals surface area (Å²) in [6.45, 7) is 2.41. The van der Waals surface area contributed by atoms with Crippen LogP contribution in [0.2, 0.25) is 0 Å². The van der Waals surface area contributed by atoms with Gasteiger partial charge in [-0.05, 0) is 31.7 Å². The number of likely N-dealkylation sites (N-methyl/N-ethyl adjacent to an activating group) is 1. The predicted octanol–water partition coefficient (Wildman–Crippen LogP) is 1.65. The molecule has 0 aromatic heterocycles. The molecule has 1 atom stereocenters. The highest BCUT2D eigenvalue weighted by Crippen LogP contribution is 2.32. The molecule has 0 spiro atoms. The monoisotopic (exact) mass is 239 g/mol. The van der Waals surface area contributed by atoms with Crippen molar-refractivity contribution in [3.8, 4) is 0 Å². The van der Waals surface area contributed by atoms with Crippen molar-refractivity contribution >= 4 is 6.03 Å². The van der Waals surface area contributed by atoms with Crippen molar-refractivity contribution in [3.63, 3.8) is 0 Å². The number of amides is 2. The molecule has 2 fully saturated rings. The minimum absolute atomic E-state index is 0.203. The maximum atomic E-state index is 12.1. The molecular formula is C13H25N3O. The van der Waals surface area contributed by atoms with Gasteiger partial charge in [-0.2, -0.15) is 0 Å². The first-order valence-corrected chi connectivity index (χ1v) is 6.96. The Bertz CT molecular complexity index is 259. The molecule has 1 aliphatic carbocycles. The lowest BCUT2D eigenvalue weighted by Gasteiger charge is -2.30. The summed E-state index contributed by atoms with van der Waals surface area (Å²) in [5.41, 5.74) is 5.51. The minimum atomic E-state index is 0.203. The molecule has 0 radical (unpaired) electrons. The molecule has 1 saturated heterocycles. The molecule has 2 N–H and O–H groups in total. The van der Waals surface area contributed by atoms with Crippen LogP contribution in [-0.2, 0) is 0 Å². The Morgan fingerprint density at radius 2 is 2.00 bits per heavy atom. The number of carbonyl (C=O) groups excluding carboxylic acids is 1. The quantitative estimate of drug-likeness (QED) is 0.811. The van der Waals surface area contributed by atoms with Gasteiger partial charge >= 0.3 is 6.03 Å². The van der Waals surface area contributed by atoms with E-state index in [2.05, 4.69) is 0 Å². The van der Waals surface area contributed by atoms with E-state index in [4.69, 9.17) is 5.73 Å². The summed E-state index contributed by atoms with van der Waals surface area (Å²) in [7, 11) is 1.96. The second kappa shape index (κ2) is 5.71. The summed E-state index contributed by atoms with van der Waals surface area (Å²) >= 11 is 0. The van der Waals surface area contributed by atoms with Gasteiger partial charge in [-0.15, -0.1) is 0 Å². The molecule has 0 aromatic rings. The van der Waals surface area contributed by atoms with Crippen LogP contribution >= 0.6 is 0 Å². The molecule has 0 aromatic carbocycles. The fourth-order valence-corrected chi connectivity index (χ4v) is 3.24. The van der Waals surface area contributed by atoms with E-state index in [0.717, 1.165) is 25.4 Å². The molecule has 98 valence electrons. The lowest BCUT2D eigenvalue weighted by molar-refractivity contribution is 0.180. The van der Waals surface area contributed by atoms with Gasteiger partial charge in [0.25, 0.3) is 0 Å². The normalized spacial score (nSPS) is 26.9. The molecular weight excluding hydrogens is 214 g/mol. The Morgan fingerprint density at radius 1 is 1.29 bits per heavy atom. The number of nitrogens with two attached hydrogens (primary N) is 1. The minimum Gasteiger partial charge on any atom is -0.330 e. The van der Waals surface area contributed by atoms with Crippen molar-refractivity contribution in [1.29, 1.82) is 0 Å². The zero-order chi connectivity index (χ0) is 12.3. The lowest BCUT2D eigenvalue weighted by atomic mass is 9.84. The van der Waals surface area contributed by atoms with Crippen LogP contribution in [0.4, 0.5) is 4.79 Å². The maximum absolute atomic E-state index is 12.1. The molecule has 0 bridgehead atoms. The first-order valence-electron chi connectivity index (χ1n) is 6.96. The summed E-state index contributed by atoms with van der Waals surface area (Å²) in [5.74, 6) is 0.723. The lowest BCUT2D eigenvalue weighted by Crippen LogP contribution is -2.37. The summed E-state index contributed by atoms with van der Waals surface area (Å²) in [6.07, 6.45) is 7.56. The second-order valence-corrected chi connectivity index (χ2v) is 5.45. The van der Waals surface area contributed by atoms with Crippen LogP contribution in [0.3, 0.4) is 0 Å². The topological polar surface area (TPSA) is 49.6 Å². The SMILES string of the molecule is CN1C(=O)N(CCCN)CC1C1CCCCC1.